The summed E-state index contributed by atoms with van der Waals surface area (Å²) in [6.07, 6.45) is 2.64. The first-order valence-corrected chi connectivity index (χ1v) is 5.74. The van der Waals surface area contributed by atoms with Crippen LogP contribution < -0.4 is 5.32 Å². The molecule has 1 fully saturated rings. The molecule has 1 aliphatic rings. The molecule has 1 unspecified atom stereocenters. The van der Waals surface area contributed by atoms with Gasteiger partial charge in [-0.25, -0.2) is 0 Å². The predicted octanol–water partition coefficient (Wildman–Crippen LogP) is 0.479. The van der Waals surface area contributed by atoms with Crippen LogP contribution in [0.5, 0.6) is 0 Å². The number of likely N-dealkylation sites (tertiary alicyclic amines) is 1. The summed E-state index contributed by atoms with van der Waals surface area (Å²) in [6, 6.07) is 0. The smallest absolute Gasteiger partial charge is 0.00193 e. The van der Waals surface area contributed by atoms with Crippen LogP contribution in [0.2, 0.25) is 0 Å². The summed E-state index contributed by atoms with van der Waals surface area (Å²) in [5.41, 5.74) is 0. The van der Waals surface area contributed by atoms with Gasteiger partial charge in [0.2, 0.25) is 0 Å². The largest absolute Gasteiger partial charge is 0.320 e. The van der Waals surface area contributed by atoms with E-state index in [-0.39, 0.29) is 0 Å². The lowest BCUT2D eigenvalue weighted by Crippen LogP contribution is -2.29. The Morgan fingerprint density at radius 1 is 1.50 bits per heavy atom. The van der Waals surface area contributed by atoms with E-state index >= 15 is 0 Å². The summed E-state index contributed by atoms with van der Waals surface area (Å²) in [4.78, 5) is 4.91. The molecule has 14 heavy (non-hydrogen) atoms. The summed E-state index contributed by atoms with van der Waals surface area (Å²) in [6.45, 7) is 6.20. The zero-order valence-electron chi connectivity index (χ0n) is 9.92. The number of rotatable bonds is 6. The molecular formula is C11H25N3. The fraction of sp³-hybridized carbons (Fsp3) is 1.00. The fourth-order valence-corrected chi connectivity index (χ4v) is 2.23. The van der Waals surface area contributed by atoms with Gasteiger partial charge >= 0.3 is 0 Å². The van der Waals surface area contributed by atoms with E-state index in [1.807, 2.05) is 7.05 Å². The number of hydrogen-bond acceptors (Lipinski definition) is 3. The van der Waals surface area contributed by atoms with E-state index in [2.05, 4.69) is 29.2 Å². The van der Waals surface area contributed by atoms with E-state index in [1.165, 1.54) is 39.0 Å². The lowest BCUT2D eigenvalue weighted by atomic mass is 10.1. The molecule has 1 atom stereocenters. The zero-order valence-corrected chi connectivity index (χ0v) is 9.92. The lowest BCUT2D eigenvalue weighted by Gasteiger charge is -2.20. The number of hydrogen-bond donors (Lipinski definition) is 1. The minimum atomic E-state index is 0.902. The third-order valence-electron chi connectivity index (χ3n) is 3.03. The Labute approximate surface area is 88.5 Å². The van der Waals surface area contributed by atoms with Crippen molar-refractivity contribution in [2.45, 2.75) is 12.8 Å². The molecule has 0 saturated carbocycles. The van der Waals surface area contributed by atoms with Crippen LogP contribution in [0, 0.1) is 5.92 Å². The minimum absolute atomic E-state index is 0.902. The minimum Gasteiger partial charge on any atom is -0.320 e. The third kappa shape index (κ3) is 4.40. The van der Waals surface area contributed by atoms with Crippen LogP contribution >= 0.6 is 0 Å². The monoisotopic (exact) mass is 199 g/mol. The van der Waals surface area contributed by atoms with Gasteiger partial charge in [-0.3, -0.25) is 0 Å². The molecule has 1 rings (SSSR count). The number of nitrogens with zero attached hydrogens (tertiary/aromatic N) is 2. The van der Waals surface area contributed by atoms with Crippen molar-refractivity contribution in [3.05, 3.63) is 0 Å². The molecule has 0 aliphatic carbocycles. The zero-order chi connectivity index (χ0) is 10.4. The van der Waals surface area contributed by atoms with Crippen LogP contribution in [0.15, 0.2) is 0 Å². The Kier molecular flexibility index (Phi) is 5.45. The standard InChI is InChI=1S/C11H25N3/c1-12-6-4-7-13(2)9-11-5-8-14(3)10-11/h11-12H,4-10H2,1-3H3. The molecule has 0 aromatic heterocycles. The molecule has 1 aliphatic heterocycles. The van der Waals surface area contributed by atoms with Crippen LogP contribution in [0.4, 0.5) is 0 Å². The van der Waals surface area contributed by atoms with Crippen LogP contribution in [0.3, 0.4) is 0 Å². The van der Waals surface area contributed by atoms with Gasteiger partial charge in [0.05, 0.1) is 0 Å². The van der Waals surface area contributed by atoms with E-state index in [9.17, 15) is 0 Å². The molecule has 0 aromatic carbocycles. The van der Waals surface area contributed by atoms with E-state index in [4.69, 9.17) is 0 Å². The van der Waals surface area contributed by atoms with E-state index in [0.717, 1.165) is 12.5 Å². The molecule has 84 valence electrons. The molecule has 1 heterocycles. The molecular weight excluding hydrogens is 174 g/mol. The lowest BCUT2D eigenvalue weighted by molar-refractivity contribution is 0.270. The maximum atomic E-state index is 3.19. The van der Waals surface area contributed by atoms with Gasteiger partial charge in [-0.15, -0.1) is 0 Å². The van der Waals surface area contributed by atoms with Gasteiger partial charge in [0.25, 0.3) is 0 Å². The summed E-state index contributed by atoms with van der Waals surface area (Å²) < 4.78 is 0. The number of nitrogens with one attached hydrogen (secondary N) is 1. The van der Waals surface area contributed by atoms with Crippen LogP contribution in [-0.4, -0.2) is 63.7 Å². The van der Waals surface area contributed by atoms with Gasteiger partial charge in [-0.05, 0) is 59.5 Å². The Morgan fingerprint density at radius 2 is 2.29 bits per heavy atom. The highest BCUT2D eigenvalue weighted by molar-refractivity contribution is 4.75. The normalized spacial score (nSPS) is 23.6. The van der Waals surface area contributed by atoms with Crippen molar-refractivity contribution in [1.29, 1.82) is 0 Å². The Morgan fingerprint density at radius 3 is 2.86 bits per heavy atom. The summed E-state index contributed by atoms with van der Waals surface area (Å²) in [5, 5.41) is 3.19. The van der Waals surface area contributed by atoms with Crippen molar-refractivity contribution in [3.63, 3.8) is 0 Å². The van der Waals surface area contributed by atoms with Crippen molar-refractivity contribution in [3.8, 4) is 0 Å². The second kappa shape index (κ2) is 6.38. The van der Waals surface area contributed by atoms with Crippen molar-refractivity contribution in [2.75, 3.05) is 53.9 Å². The maximum absolute atomic E-state index is 3.19. The fourth-order valence-electron chi connectivity index (χ4n) is 2.23. The van der Waals surface area contributed by atoms with Crippen molar-refractivity contribution < 1.29 is 0 Å². The Hall–Kier alpha value is -0.120. The molecule has 0 radical (unpaired) electrons. The summed E-state index contributed by atoms with van der Waals surface area (Å²) in [7, 11) is 6.49. The second-order valence-electron chi connectivity index (χ2n) is 4.64. The third-order valence-corrected chi connectivity index (χ3v) is 3.03. The van der Waals surface area contributed by atoms with Crippen molar-refractivity contribution >= 4 is 0 Å². The summed E-state index contributed by atoms with van der Waals surface area (Å²) in [5.74, 6) is 0.902. The molecule has 3 nitrogen and oxygen atoms in total. The second-order valence-corrected chi connectivity index (χ2v) is 4.64. The Balaban J connectivity index is 2.05. The molecule has 0 amide bonds. The molecule has 0 spiro atoms. The van der Waals surface area contributed by atoms with Gasteiger partial charge in [0, 0.05) is 13.1 Å². The highest BCUT2D eigenvalue weighted by Gasteiger charge is 2.20. The van der Waals surface area contributed by atoms with E-state index < -0.39 is 0 Å². The van der Waals surface area contributed by atoms with Gasteiger partial charge in [0.1, 0.15) is 0 Å². The van der Waals surface area contributed by atoms with Crippen LogP contribution in [0.1, 0.15) is 12.8 Å². The first kappa shape index (κ1) is 12.0. The highest BCUT2D eigenvalue weighted by atomic mass is 15.1. The highest BCUT2D eigenvalue weighted by Crippen LogP contribution is 2.14. The molecule has 1 N–H and O–H groups in total. The van der Waals surface area contributed by atoms with Crippen LogP contribution in [0.25, 0.3) is 0 Å². The van der Waals surface area contributed by atoms with Crippen molar-refractivity contribution in [2.24, 2.45) is 5.92 Å². The maximum Gasteiger partial charge on any atom is 0.00193 e. The van der Waals surface area contributed by atoms with Gasteiger partial charge < -0.3 is 15.1 Å². The SMILES string of the molecule is CNCCCN(C)CC1CCN(C)C1. The van der Waals surface area contributed by atoms with Crippen molar-refractivity contribution in [1.82, 2.24) is 15.1 Å². The molecule has 1 saturated heterocycles. The molecule has 3 heteroatoms. The molecule has 0 bridgehead atoms. The van der Waals surface area contributed by atoms with Gasteiger partial charge in [0.15, 0.2) is 0 Å². The van der Waals surface area contributed by atoms with Gasteiger partial charge in [-0.2, -0.15) is 0 Å². The first-order chi connectivity index (χ1) is 6.72. The average molecular weight is 199 g/mol. The topological polar surface area (TPSA) is 18.5 Å². The van der Waals surface area contributed by atoms with E-state index in [0.29, 0.717) is 0 Å². The summed E-state index contributed by atoms with van der Waals surface area (Å²) >= 11 is 0. The first-order valence-electron chi connectivity index (χ1n) is 5.74. The molecule has 0 aromatic rings. The van der Waals surface area contributed by atoms with E-state index in [1.54, 1.807) is 0 Å². The van der Waals surface area contributed by atoms with Gasteiger partial charge in [-0.1, -0.05) is 0 Å². The quantitative estimate of drug-likeness (QED) is 0.628. The Bertz CT molecular complexity index is 149. The predicted molar refractivity (Wildman–Crippen MR) is 61.6 cm³/mol. The average Bonchev–Trinajstić information content (AvgIpc) is 2.52. The van der Waals surface area contributed by atoms with Crippen LogP contribution in [-0.2, 0) is 0 Å².